The average Bonchev–Trinajstić information content (AvgIpc) is 2.84. The van der Waals surface area contributed by atoms with Crippen LogP contribution in [-0.4, -0.2) is 38.2 Å². The Kier molecular flexibility index (Phi) is 7.95. The molecule has 1 heterocycles. The molecule has 0 amide bonds. The molecule has 0 bridgehead atoms. The van der Waals surface area contributed by atoms with Gasteiger partial charge in [-0.25, -0.2) is 8.78 Å². The summed E-state index contributed by atoms with van der Waals surface area (Å²) in [6.07, 6.45) is 3.05. The second-order valence-corrected chi connectivity index (χ2v) is 8.85. The molecule has 1 aliphatic rings. The van der Waals surface area contributed by atoms with Crippen molar-refractivity contribution in [3.05, 3.63) is 96.1 Å². The molecule has 4 rings (SSSR count). The largest absolute Gasteiger partial charge is 0.494 e. The van der Waals surface area contributed by atoms with Gasteiger partial charge in [0.2, 0.25) is 0 Å². The fourth-order valence-corrected chi connectivity index (χ4v) is 4.69. The number of ether oxygens (including phenoxy) is 1. The first-order valence-corrected chi connectivity index (χ1v) is 11.7. The second kappa shape index (κ2) is 11.3. The monoisotopic (exact) mass is 450 g/mol. The van der Waals surface area contributed by atoms with Crippen molar-refractivity contribution in [3.63, 3.8) is 0 Å². The Morgan fingerprint density at radius 2 is 1.48 bits per heavy atom. The highest BCUT2D eigenvalue weighted by atomic mass is 19.1. The number of hydrogen-bond donors (Lipinski definition) is 0. The molecule has 1 atom stereocenters. The molecule has 1 aliphatic heterocycles. The zero-order valence-electron chi connectivity index (χ0n) is 19.2. The second-order valence-electron chi connectivity index (χ2n) is 8.85. The highest BCUT2D eigenvalue weighted by molar-refractivity contribution is 5.45. The van der Waals surface area contributed by atoms with Crippen LogP contribution in [0.5, 0.6) is 5.75 Å². The van der Waals surface area contributed by atoms with Gasteiger partial charge in [0.1, 0.15) is 17.4 Å². The van der Waals surface area contributed by atoms with Crippen LogP contribution in [0.25, 0.3) is 0 Å². The van der Waals surface area contributed by atoms with Gasteiger partial charge < -0.3 is 9.64 Å². The zero-order chi connectivity index (χ0) is 23.0. The maximum absolute atomic E-state index is 13.5. The van der Waals surface area contributed by atoms with E-state index in [1.54, 1.807) is 12.1 Å². The van der Waals surface area contributed by atoms with Gasteiger partial charge in [0.25, 0.3) is 0 Å². The molecule has 0 radical (unpaired) electrons. The molecule has 33 heavy (non-hydrogen) atoms. The first kappa shape index (κ1) is 23.2. The lowest BCUT2D eigenvalue weighted by molar-refractivity contribution is 0.115. The summed E-state index contributed by atoms with van der Waals surface area (Å²) in [6.45, 7) is 3.56. The Morgan fingerprint density at radius 3 is 2.12 bits per heavy atom. The van der Waals surface area contributed by atoms with Gasteiger partial charge in [-0.2, -0.15) is 0 Å². The summed E-state index contributed by atoms with van der Waals surface area (Å²) in [4.78, 5) is 4.72. The number of benzene rings is 3. The van der Waals surface area contributed by atoms with E-state index in [2.05, 4.69) is 16.8 Å². The summed E-state index contributed by atoms with van der Waals surface area (Å²) >= 11 is 0. The van der Waals surface area contributed by atoms with Crippen LogP contribution in [0, 0.1) is 17.6 Å². The molecule has 0 aromatic heterocycles. The summed E-state index contributed by atoms with van der Waals surface area (Å²) in [7, 11) is 2.07. The summed E-state index contributed by atoms with van der Waals surface area (Å²) in [5.41, 5.74) is 2.18. The van der Waals surface area contributed by atoms with Gasteiger partial charge >= 0.3 is 0 Å². The maximum Gasteiger partial charge on any atom is 0.123 e. The summed E-state index contributed by atoms with van der Waals surface area (Å²) in [6, 6.07) is 23.6. The number of nitrogens with zero attached hydrogens (tertiary/aromatic N) is 2. The van der Waals surface area contributed by atoms with Crippen LogP contribution in [0.2, 0.25) is 0 Å². The van der Waals surface area contributed by atoms with Crippen LogP contribution < -0.4 is 9.64 Å². The fourth-order valence-electron chi connectivity index (χ4n) is 4.69. The number of para-hydroxylation sites is 1. The molecule has 174 valence electrons. The minimum Gasteiger partial charge on any atom is -0.494 e. The first-order valence-electron chi connectivity index (χ1n) is 11.7. The lowest BCUT2D eigenvalue weighted by atomic mass is 9.92. The number of piperidine rings is 1. The fraction of sp³-hybridized carbons (Fsp3) is 0.357. The van der Waals surface area contributed by atoms with Crippen molar-refractivity contribution in [2.45, 2.75) is 25.3 Å². The molecule has 3 nitrogen and oxygen atoms in total. The SMILES string of the molecule is CN(CC1CCN(C(CCOc2ccccc2)c2ccc(F)cc2)CC1)c1ccc(F)cc1. The Labute approximate surface area is 195 Å². The van der Waals surface area contributed by atoms with E-state index >= 15 is 0 Å². The Morgan fingerprint density at radius 1 is 0.879 bits per heavy atom. The Hall–Kier alpha value is -2.92. The molecular formula is C28H32F2N2O. The van der Waals surface area contributed by atoms with Crippen LogP contribution in [0.1, 0.15) is 30.9 Å². The van der Waals surface area contributed by atoms with Crippen molar-refractivity contribution in [2.75, 3.05) is 38.2 Å². The Balaban J connectivity index is 1.35. The predicted molar refractivity (Wildman–Crippen MR) is 130 cm³/mol. The van der Waals surface area contributed by atoms with Gasteiger partial charge in [0.05, 0.1) is 6.61 Å². The van der Waals surface area contributed by atoms with E-state index in [1.165, 1.54) is 12.1 Å². The third kappa shape index (κ3) is 6.55. The first-order chi connectivity index (χ1) is 16.1. The van der Waals surface area contributed by atoms with Crippen LogP contribution in [-0.2, 0) is 0 Å². The third-order valence-corrected chi connectivity index (χ3v) is 6.55. The summed E-state index contributed by atoms with van der Waals surface area (Å²) < 4.78 is 32.7. The molecule has 3 aromatic carbocycles. The van der Waals surface area contributed by atoms with Gasteiger partial charge in [0.15, 0.2) is 0 Å². The molecule has 5 heteroatoms. The highest BCUT2D eigenvalue weighted by Gasteiger charge is 2.27. The summed E-state index contributed by atoms with van der Waals surface area (Å²) in [5, 5.41) is 0. The van der Waals surface area contributed by atoms with Crippen LogP contribution in [0.3, 0.4) is 0 Å². The van der Waals surface area contributed by atoms with Crippen molar-refractivity contribution in [3.8, 4) is 5.75 Å². The van der Waals surface area contributed by atoms with E-state index < -0.39 is 0 Å². The number of hydrogen-bond acceptors (Lipinski definition) is 3. The van der Waals surface area contributed by atoms with Gasteiger partial charge in [-0.1, -0.05) is 30.3 Å². The number of halogens is 2. The third-order valence-electron chi connectivity index (χ3n) is 6.55. The average molecular weight is 451 g/mol. The standard InChI is InChI=1S/C28H32F2N2O/c1-31(26-13-11-25(30)12-14-26)21-22-15-18-32(19-16-22)28(23-7-9-24(29)10-8-23)17-20-33-27-5-3-2-4-6-27/h2-14,22,28H,15-21H2,1H3. The molecule has 0 spiro atoms. The van der Waals surface area contributed by atoms with Crippen molar-refractivity contribution in [2.24, 2.45) is 5.92 Å². The van der Waals surface area contributed by atoms with Crippen LogP contribution in [0.15, 0.2) is 78.9 Å². The topological polar surface area (TPSA) is 15.7 Å². The van der Waals surface area contributed by atoms with Crippen molar-refractivity contribution in [1.29, 1.82) is 0 Å². The van der Waals surface area contributed by atoms with Crippen LogP contribution >= 0.6 is 0 Å². The van der Waals surface area contributed by atoms with Gasteiger partial charge in [0, 0.05) is 31.7 Å². The summed E-state index contributed by atoms with van der Waals surface area (Å²) in [5.74, 6) is 1.05. The molecule has 1 fully saturated rings. The minimum absolute atomic E-state index is 0.199. The predicted octanol–water partition coefficient (Wildman–Crippen LogP) is 6.32. The quantitative estimate of drug-likeness (QED) is 0.379. The minimum atomic E-state index is -0.208. The zero-order valence-corrected chi connectivity index (χ0v) is 19.2. The molecule has 1 unspecified atom stereocenters. The molecule has 0 aliphatic carbocycles. The van der Waals surface area contributed by atoms with E-state index in [1.807, 2.05) is 54.6 Å². The van der Waals surface area contributed by atoms with Crippen molar-refractivity contribution < 1.29 is 13.5 Å². The van der Waals surface area contributed by atoms with Gasteiger partial charge in [-0.05, 0) is 85.9 Å². The number of anilines is 1. The van der Waals surface area contributed by atoms with Crippen molar-refractivity contribution in [1.82, 2.24) is 4.90 Å². The van der Waals surface area contributed by atoms with Gasteiger partial charge in [-0.15, -0.1) is 0 Å². The lowest BCUT2D eigenvalue weighted by Crippen LogP contribution is -2.40. The smallest absolute Gasteiger partial charge is 0.123 e. The van der Waals surface area contributed by atoms with Crippen molar-refractivity contribution >= 4 is 5.69 Å². The number of rotatable bonds is 9. The van der Waals surface area contributed by atoms with Gasteiger partial charge in [-0.3, -0.25) is 4.90 Å². The highest BCUT2D eigenvalue weighted by Crippen LogP contribution is 2.31. The van der Waals surface area contributed by atoms with E-state index in [9.17, 15) is 8.78 Å². The van der Waals surface area contributed by atoms with Crippen LogP contribution in [0.4, 0.5) is 14.5 Å². The lowest BCUT2D eigenvalue weighted by Gasteiger charge is -2.39. The normalized spacial score (nSPS) is 15.8. The Bertz CT molecular complexity index is 971. The van der Waals surface area contributed by atoms with E-state index in [0.717, 1.165) is 55.9 Å². The van der Waals surface area contributed by atoms with E-state index in [4.69, 9.17) is 4.74 Å². The van der Waals surface area contributed by atoms with E-state index in [0.29, 0.717) is 12.5 Å². The maximum atomic E-state index is 13.5. The number of likely N-dealkylation sites (tertiary alicyclic amines) is 1. The molecule has 0 N–H and O–H groups in total. The molecule has 1 saturated heterocycles. The van der Waals surface area contributed by atoms with E-state index in [-0.39, 0.29) is 17.7 Å². The molecular weight excluding hydrogens is 418 g/mol. The molecule has 0 saturated carbocycles. The molecule has 3 aromatic rings.